The van der Waals surface area contributed by atoms with Gasteiger partial charge in [0.1, 0.15) is 5.75 Å². The van der Waals surface area contributed by atoms with E-state index in [2.05, 4.69) is 10.6 Å². The maximum Gasteiger partial charge on any atom is 0.264 e. The summed E-state index contributed by atoms with van der Waals surface area (Å²) in [4.78, 5) is 24.9. The number of halogens is 1. The molecular formula is C14H20ClN3O4. The van der Waals surface area contributed by atoms with Crippen LogP contribution in [0.3, 0.4) is 0 Å². The van der Waals surface area contributed by atoms with E-state index in [9.17, 15) is 9.59 Å². The summed E-state index contributed by atoms with van der Waals surface area (Å²) in [7, 11) is 3.29. The van der Waals surface area contributed by atoms with E-state index in [0.29, 0.717) is 30.3 Å². The van der Waals surface area contributed by atoms with Crippen molar-refractivity contribution in [3.05, 3.63) is 18.2 Å². The molecule has 0 spiro atoms. The van der Waals surface area contributed by atoms with Gasteiger partial charge in [0.2, 0.25) is 5.91 Å². The summed E-state index contributed by atoms with van der Waals surface area (Å²) in [6.07, 6.45) is 0. The molecule has 0 saturated heterocycles. The van der Waals surface area contributed by atoms with Crippen molar-refractivity contribution in [2.75, 3.05) is 50.7 Å². The van der Waals surface area contributed by atoms with Crippen LogP contribution in [0, 0.1) is 0 Å². The number of likely N-dealkylation sites (N-methyl/N-ethyl adjacent to an activating group) is 1. The first-order valence-electron chi connectivity index (χ1n) is 6.64. The lowest BCUT2D eigenvalue weighted by Crippen LogP contribution is -2.35. The van der Waals surface area contributed by atoms with Gasteiger partial charge >= 0.3 is 0 Å². The van der Waals surface area contributed by atoms with Crippen molar-refractivity contribution in [2.24, 2.45) is 0 Å². The van der Waals surface area contributed by atoms with E-state index in [1.165, 1.54) is 4.90 Å². The third kappa shape index (κ3) is 4.59. The van der Waals surface area contributed by atoms with E-state index in [1.807, 2.05) is 0 Å². The maximum atomic E-state index is 11.8. The van der Waals surface area contributed by atoms with Gasteiger partial charge in [0.15, 0.2) is 6.61 Å². The van der Waals surface area contributed by atoms with Gasteiger partial charge in [-0.1, -0.05) is 0 Å². The molecule has 8 heteroatoms. The second-order valence-corrected chi connectivity index (χ2v) is 4.64. The molecule has 122 valence electrons. The fourth-order valence-corrected chi connectivity index (χ4v) is 1.93. The van der Waals surface area contributed by atoms with Crippen molar-refractivity contribution in [2.45, 2.75) is 0 Å². The van der Waals surface area contributed by atoms with Crippen LogP contribution < -0.4 is 20.3 Å². The Labute approximate surface area is 135 Å². The number of nitrogens with zero attached hydrogens (tertiary/aromatic N) is 1. The molecule has 22 heavy (non-hydrogen) atoms. The summed E-state index contributed by atoms with van der Waals surface area (Å²) in [5.41, 5.74) is 1.27. The number of methoxy groups -OCH3 is 1. The molecule has 2 amide bonds. The summed E-state index contributed by atoms with van der Waals surface area (Å²) in [6.45, 7) is 1.40. The predicted octanol–water partition coefficient (Wildman–Crippen LogP) is 0.638. The smallest absolute Gasteiger partial charge is 0.264 e. The summed E-state index contributed by atoms with van der Waals surface area (Å²) in [5, 5.41) is 5.73. The summed E-state index contributed by atoms with van der Waals surface area (Å²) < 4.78 is 10.2. The molecule has 0 aliphatic carbocycles. The third-order valence-corrected chi connectivity index (χ3v) is 3.10. The van der Waals surface area contributed by atoms with Gasteiger partial charge in [-0.2, -0.15) is 0 Å². The molecule has 1 aliphatic rings. The van der Waals surface area contributed by atoms with Gasteiger partial charge < -0.3 is 25.0 Å². The van der Waals surface area contributed by atoms with Crippen LogP contribution in [0.5, 0.6) is 5.75 Å². The quantitative estimate of drug-likeness (QED) is 0.749. The molecule has 7 nitrogen and oxygen atoms in total. The van der Waals surface area contributed by atoms with Crippen LogP contribution in [0.2, 0.25) is 0 Å². The lowest BCUT2D eigenvalue weighted by molar-refractivity contribution is -0.121. The molecule has 1 aromatic rings. The molecule has 0 saturated carbocycles. The highest BCUT2D eigenvalue weighted by molar-refractivity contribution is 5.99. The van der Waals surface area contributed by atoms with E-state index >= 15 is 0 Å². The number of hydrogen-bond acceptors (Lipinski definition) is 5. The Balaban J connectivity index is 0.00000242. The number of rotatable bonds is 6. The van der Waals surface area contributed by atoms with E-state index in [4.69, 9.17) is 9.47 Å². The molecule has 0 radical (unpaired) electrons. The van der Waals surface area contributed by atoms with Gasteiger partial charge in [-0.05, 0) is 18.2 Å². The average molecular weight is 330 g/mol. The van der Waals surface area contributed by atoms with Crippen molar-refractivity contribution >= 4 is 35.6 Å². The minimum Gasteiger partial charge on any atom is -0.482 e. The largest absolute Gasteiger partial charge is 0.482 e. The van der Waals surface area contributed by atoms with Crippen LogP contribution in [0.4, 0.5) is 11.4 Å². The molecule has 2 N–H and O–H groups in total. The van der Waals surface area contributed by atoms with Crippen molar-refractivity contribution in [3.63, 3.8) is 0 Å². The van der Waals surface area contributed by atoms with Gasteiger partial charge in [0.25, 0.3) is 5.91 Å². The standard InChI is InChI=1S/C14H19N3O4.ClH/c1-17-11-7-10(3-4-12(11)21-9-14(17)19)16-13(18)8-15-5-6-20-2;/h3-4,7,15H,5-6,8-9H2,1-2H3,(H,16,18);1H. The van der Waals surface area contributed by atoms with Gasteiger partial charge in [-0.25, -0.2) is 0 Å². The lowest BCUT2D eigenvalue weighted by Gasteiger charge is -2.26. The second kappa shape index (κ2) is 8.57. The number of hydrogen-bond donors (Lipinski definition) is 2. The van der Waals surface area contributed by atoms with Crippen LogP contribution in [-0.4, -0.2) is 52.3 Å². The lowest BCUT2D eigenvalue weighted by atomic mass is 10.2. The topological polar surface area (TPSA) is 79.9 Å². The van der Waals surface area contributed by atoms with Gasteiger partial charge in [0, 0.05) is 26.4 Å². The summed E-state index contributed by atoms with van der Waals surface area (Å²) >= 11 is 0. The minimum atomic E-state index is -0.156. The second-order valence-electron chi connectivity index (χ2n) is 4.64. The number of anilines is 2. The Morgan fingerprint density at radius 3 is 2.95 bits per heavy atom. The molecular weight excluding hydrogens is 310 g/mol. The molecule has 0 aromatic heterocycles. The number of carbonyl (C=O) groups is 2. The van der Waals surface area contributed by atoms with E-state index < -0.39 is 0 Å². The van der Waals surface area contributed by atoms with E-state index in [-0.39, 0.29) is 37.4 Å². The van der Waals surface area contributed by atoms with Crippen LogP contribution in [0.25, 0.3) is 0 Å². The van der Waals surface area contributed by atoms with E-state index in [0.717, 1.165) is 0 Å². The highest BCUT2D eigenvalue weighted by Crippen LogP contribution is 2.33. The first-order chi connectivity index (χ1) is 10.1. The number of nitrogens with one attached hydrogen (secondary N) is 2. The molecule has 0 fully saturated rings. The zero-order valence-electron chi connectivity index (χ0n) is 12.5. The molecule has 1 aliphatic heterocycles. The first-order valence-corrected chi connectivity index (χ1v) is 6.64. The average Bonchev–Trinajstić information content (AvgIpc) is 2.48. The summed E-state index contributed by atoms with van der Waals surface area (Å²) in [6, 6.07) is 5.21. The van der Waals surface area contributed by atoms with Gasteiger partial charge in [-0.3, -0.25) is 9.59 Å². The molecule has 1 aromatic carbocycles. The van der Waals surface area contributed by atoms with Crippen molar-refractivity contribution in [1.29, 1.82) is 0 Å². The van der Waals surface area contributed by atoms with Crippen molar-refractivity contribution < 1.29 is 19.1 Å². The number of benzene rings is 1. The highest BCUT2D eigenvalue weighted by Gasteiger charge is 2.22. The Morgan fingerprint density at radius 1 is 1.45 bits per heavy atom. The van der Waals surface area contributed by atoms with Crippen LogP contribution in [0.15, 0.2) is 18.2 Å². The fraction of sp³-hybridized carbons (Fsp3) is 0.429. The fourth-order valence-electron chi connectivity index (χ4n) is 1.93. The SMILES string of the molecule is COCCNCC(=O)Nc1ccc2c(c1)N(C)C(=O)CO2.Cl. The Morgan fingerprint density at radius 2 is 2.23 bits per heavy atom. The maximum absolute atomic E-state index is 11.8. The number of carbonyl (C=O) groups excluding carboxylic acids is 2. The summed E-state index contributed by atoms with van der Waals surface area (Å²) in [5.74, 6) is 0.359. The Kier molecular flexibility index (Phi) is 7.10. The third-order valence-electron chi connectivity index (χ3n) is 3.10. The van der Waals surface area contributed by atoms with Gasteiger partial charge in [0.05, 0.1) is 18.8 Å². The molecule has 0 unspecified atom stereocenters. The normalized spacial score (nSPS) is 13.0. The number of fused-ring (bicyclic) bond motifs is 1. The predicted molar refractivity (Wildman–Crippen MR) is 86.0 cm³/mol. The van der Waals surface area contributed by atoms with Crippen LogP contribution in [-0.2, 0) is 14.3 Å². The van der Waals surface area contributed by atoms with E-state index in [1.54, 1.807) is 32.4 Å². The zero-order chi connectivity index (χ0) is 15.2. The number of amides is 2. The monoisotopic (exact) mass is 329 g/mol. The molecule has 2 rings (SSSR count). The molecule has 0 atom stereocenters. The zero-order valence-corrected chi connectivity index (χ0v) is 13.4. The number of ether oxygens (including phenoxy) is 2. The highest BCUT2D eigenvalue weighted by atomic mass is 35.5. The Bertz CT molecular complexity index is 539. The van der Waals surface area contributed by atoms with Gasteiger partial charge in [-0.15, -0.1) is 12.4 Å². The molecule has 1 heterocycles. The van der Waals surface area contributed by atoms with Crippen LogP contribution in [0.1, 0.15) is 0 Å². The Hall–Kier alpha value is -1.83. The van der Waals surface area contributed by atoms with Crippen molar-refractivity contribution in [1.82, 2.24) is 5.32 Å². The first kappa shape index (κ1) is 18.2. The minimum absolute atomic E-state index is 0. The van der Waals surface area contributed by atoms with Crippen LogP contribution >= 0.6 is 12.4 Å². The molecule has 0 bridgehead atoms. The van der Waals surface area contributed by atoms with Crippen molar-refractivity contribution in [3.8, 4) is 5.75 Å².